The van der Waals surface area contributed by atoms with Gasteiger partial charge in [0.25, 0.3) is 0 Å². The van der Waals surface area contributed by atoms with Crippen LogP contribution in [0.25, 0.3) is 11.3 Å². The second kappa shape index (κ2) is 10.9. The van der Waals surface area contributed by atoms with E-state index in [-0.39, 0.29) is 24.8 Å². The molecule has 0 fully saturated rings. The lowest BCUT2D eigenvalue weighted by Gasteiger charge is -2.03. The van der Waals surface area contributed by atoms with Crippen molar-refractivity contribution in [2.75, 3.05) is 20.1 Å². The fraction of sp³-hybridized carbons (Fsp3) is 0.375. The second-order valence-electron chi connectivity index (χ2n) is 4.86. The molecule has 3 nitrogen and oxygen atoms in total. The van der Waals surface area contributed by atoms with E-state index in [0.29, 0.717) is 0 Å². The third-order valence-corrected chi connectivity index (χ3v) is 3.60. The maximum atomic E-state index is 6.14. The van der Waals surface area contributed by atoms with E-state index in [4.69, 9.17) is 16.0 Å². The first-order valence-electron chi connectivity index (χ1n) is 6.91. The summed E-state index contributed by atoms with van der Waals surface area (Å²) in [5, 5.41) is 7.26. The van der Waals surface area contributed by atoms with Crippen LogP contribution in [-0.4, -0.2) is 20.1 Å². The molecule has 6 heteroatoms. The highest BCUT2D eigenvalue weighted by Gasteiger charge is 2.06. The summed E-state index contributed by atoms with van der Waals surface area (Å²) in [6.07, 6.45) is 1.11. The summed E-state index contributed by atoms with van der Waals surface area (Å²) in [5.74, 6) is 1.81. The van der Waals surface area contributed by atoms with Gasteiger partial charge in [0.15, 0.2) is 0 Å². The van der Waals surface area contributed by atoms with Crippen molar-refractivity contribution >= 4 is 36.4 Å². The van der Waals surface area contributed by atoms with Gasteiger partial charge in [-0.25, -0.2) is 0 Å². The minimum atomic E-state index is 0. The molecule has 0 aliphatic rings. The fourth-order valence-electron chi connectivity index (χ4n) is 1.98. The number of hydrogen-bond donors (Lipinski definition) is 2. The quantitative estimate of drug-likeness (QED) is 0.712. The number of nitrogens with one attached hydrogen (secondary N) is 2. The zero-order valence-corrected chi connectivity index (χ0v) is 15.2. The lowest BCUT2D eigenvalue weighted by Crippen LogP contribution is -2.19. The zero-order valence-electron chi connectivity index (χ0n) is 12.8. The molecule has 1 aromatic heterocycles. The summed E-state index contributed by atoms with van der Waals surface area (Å²) in [7, 11) is 1.96. The highest BCUT2D eigenvalue weighted by molar-refractivity contribution is 6.31. The number of benzene rings is 1. The van der Waals surface area contributed by atoms with E-state index in [2.05, 4.69) is 10.6 Å². The van der Waals surface area contributed by atoms with Crippen molar-refractivity contribution in [2.45, 2.75) is 19.9 Å². The number of hydrogen-bond acceptors (Lipinski definition) is 3. The average molecular weight is 366 g/mol. The van der Waals surface area contributed by atoms with E-state index in [9.17, 15) is 0 Å². The van der Waals surface area contributed by atoms with Crippen molar-refractivity contribution in [1.82, 2.24) is 10.6 Å². The van der Waals surface area contributed by atoms with Crippen molar-refractivity contribution in [3.63, 3.8) is 0 Å². The van der Waals surface area contributed by atoms with Crippen molar-refractivity contribution in [2.24, 2.45) is 0 Å². The molecule has 0 atom stereocenters. The number of furan rings is 1. The molecule has 2 rings (SSSR count). The van der Waals surface area contributed by atoms with Crippen molar-refractivity contribution in [3.8, 4) is 11.3 Å². The van der Waals surface area contributed by atoms with Crippen LogP contribution in [0.1, 0.15) is 17.7 Å². The third-order valence-electron chi connectivity index (χ3n) is 3.20. The van der Waals surface area contributed by atoms with E-state index in [1.165, 1.54) is 0 Å². The summed E-state index contributed by atoms with van der Waals surface area (Å²) in [6.45, 7) is 4.75. The minimum Gasteiger partial charge on any atom is -0.460 e. The van der Waals surface area contributed by atoms with Gasteiger partial charge in [0.05, 0.1) is 6.54 Å². The van der Waals surface area contributed by atoms with Gasteiger partial charge in [-0.3, -0.25) is 0 Å². The van der Waals surface area contributed by atoms with Crippen LogP contribution in [0.4, 0.5) is 0 Å². The molecule has 0 saturated carbocycles. The van der Waals surface area contributed by atoms with Gasteiger partial charge < -0.3 is 15.1 Å². The summed E-state index contributed by atoms with van der Waals surface area (Å²) >= 11 is 6.14. The van der Waals surface area contributed by atoms with Gasteiger partial charge in [-0.15, -0.1) is 24.8 Å². The Hall–Kier alpha value is -0.710. The lowest BCUT2D eigenvalue weighted by atomic mass is 10.1. The lowest BCUT2D eigenvalue weighted by molar-refractivity contribution is 0.490. The molecule has 0 unspecified atom stereocenters. The first-order chi connectivity index (χ1) is 9.70. The predicted molar refractivity (Wildman–Crippen MR) is 98.6 cm³/mol. The normalized spacial score (nSPS) is 9.95. The van der Waals surface area contributed by atoms with Gasteiger partial charge in [-0.05, 0) is 57.2 Å². The van der Waals surface area contributed by atoms with E-state index in [1.807, 2.05) is 44.3 Å². The molecule has 22 heavy (non-hydrogen) atoms. The maximum absolute atomic E-state index is 6.14. The molecule has 2 N–H and O–H groups in total. The van der Waals surface area contributed by atoms with Crippen LogP contribution in [0, 0.1) is 6.92 Å². The molecule has 0 radical (unpaired) electrons. The van der Waals surface area contributed by atoms with Crippen molar-refractivity contribution in [3.05, 3.63) is 46.7 Å². The maximum Gasteiger partial charge on any atom is 0.134 e. The van der Waals surface area contributed by atoms with Crippen LogP contribution in [0.15, 0.2) is 34.7 Å². The smallest absolute Gasteiger partial charge is 0.134 e. The molecule has 0 amide bonds. The molecule has 0 saturated heterocycles. The average Bonchev–Trinajstić information content (AvgIpc) is 2.90. The van der Waals surface area contributed by atoms with E-state index in [1.54, 1.807) is 0 Å². The van der Waals surface area contributed by atoms with Gasteiger partial charge in [0, 0.05) is 10.6 Å². The van der Waals surface area contributed by atoms with Gasteiger partial charge in [-0.1, -0.05) is 23.7 Å². The van der Waals surface area contributed by atoms with E-state index < -0.39 is 0 Å². The number of aryl methyl sites for hydroxylation is 1. The first-order valence-corrected chi connectivity index (χ1v) is 7.29. The van der Waals surface area contributed by atoms with Crippen LogP contribution in [0.2, 0.25) is 5.02 Å². The monoisotopic (exact) mass is 364 g/mol. The molecular formula is C16H23Cl3N2O. The SMILES string of the molecule is CNCCCNCc1ccc(-c2ccc(C)c(Cl)c2)o1.Cl.Cl. The largest absolute Gasteiger partial charge is 0.460 e. The zero-order chi connectivity index (χ0) is 14.4. The predicted octanol–water partition coefficient (Wildman–Crippen LogP) is 4.45. The van der Waals surface area contributed by atoms with Crippen molar-refractivity contribution in [1.29, 1.82) is 0 Å². The Morgan fingerprint density at radius 1 is 1.09 bits per heavy atom. The third kappa shape index (κ3) is 6.19. The topological polar surface area (TPSA) is 37.2 Å². The highest BCUT2D eigenvalue weighted by atomic mass is 35.5. The summed E-state index contributed by atoms with van der Waals surface area (Å²) in [5.41, 5.74) is 2.09. The van der Waals surface area contributed by atoms with Crippen LogP contribution in [0.5, 0.6) is 0 Å². The van der Waals surface area contributed by atoms with Gasteiger partial charge in [0.1, 0.15) is 11.5 Å². The Bertz CT molecular complexity index is 558. The summed E-state index contributed by atoms with van der Waals surface area (Å²) in [4.78, 5) is 0. The van der Waals surface area contributed by atoms with Crippen LogP contribution in [-0.2, 0) is 6.54 Å². The highest BCUT2D eigenvalue weighted by Crippen LogP contribution is 2.26. The van der Waals surface area contributed by atoms with Crippen LogP contribution >= 0.6 is 36.4 Å². The number of rotatable bonds is 7. The fourth-order valence-corrected chi connectivity index (χ4v) is 2.16. The summed E-state index contributed by atoms with van der Waals surface area (Å²) < 4.78 is 5.83. The van der Waals surface area contributed by atoms with Gasteiger partial charge in [0.2, 0.25) is 0 Å². The molecule has 0 aliphatic heterocycles. The minimum absolute atomic E-state index is 0. The van der Waals surface area contributed by atoms with Crippen molar-refractivity contribution < 1.29 is 4.42 Å². The van der Waals surface area contributed by atoms with E-state index in [0.717, 1.165) is 53.7 Å². The molecular weight excluding hydrogens is 343 g/mol. The molecule has 0 spiro atoms. The Morgan fingerprint density at radius 3 is 2.55 bits per heavy atom. The Labute approximate surface area is 149 Å². The molecule has 124 valence electrons. The van der Waals surface area contributed by atoms with Crippen LogP contribution < -0.4 is 10.6 Å². The molecule has 1 heterocycles. The Morgan fingerprint density at radius 2 is 1.86 bits per heavy atom. The second-order valence-corrected chi connectivity index (χ2v) is 5.27. The Kier molecular flexibility index (Phi) is 10.6. The molecule has 0 aliphatic carbocycles. The first kappa shape index (κ1) is 21.3. The summed E-state index contributed by atoms with van der Waals surface area (Å²) in [6, 6.07) is 9.99. The Balaban J connectivity index is 0.00000220. The molecule has 2 aromatic rings. The van der Waals surface area contributed by atoms with Gasteiger partial charge >= 0.3 is 0 Å². The van der Waals surface area contributed by atoms with Crippen LogP contribution in [0.3, 0.4) is 0 Å². The number of halogens is 3. The molecule has 0 bridgehead atoms. The molecule has 1 aromatic carbocycles. The standard InChI is InChI=1S/C16H21ClN2O.2ClH/c1-12-4-5-13(10-15(12)17)16-7-6-14(20-16)11-19-9-3-8-18-2;;/h4-7,10,18-19H,3,8-9,11H2,1-2H3;2*1H. The van der Waals surface area contributed by atoms with Gasteiger partial charge in [-0.2, -0.15) is 0 Å². The van der Waals surface area contributed by atoms with E-state index >= 15 is 0 Å².